The standard InChI is InChI=1S/C18H20Cl2N2O4S/c19-15-7-6-14(8-16(15)20)27(24,25)22(13-10-26-11-13)9-17(23)18(21)12-4-2-1-3-5-12/h1-8,13,17-18,23H,9-11,21H2/t17-,18-/m0/s1. The van der Waals surface area contributed by atoms with Gasteiger partial charge in [-0.3, -0.25) is 0 Å². The summed E-state index contributed by atoms with van der Waals surface area (Å²) >= 11 is 11.9. The Kier molecular flexibility index (Phi) is 6.43. The first-order chi connectivity index (χ1) is 12.8. The Morgan fingerprint density at radius 3 is 2.37 bits per heavy atom. The molecule has 1 aliphatic heterocycles. The Hall–Kier alpha value is -1.19. The van der Waals surface area contributed by atoms with Crippen molar-refractivity contribution in [2.24, 2.45) is 5.73 Å². The molecule has 6 nitrogen and oxygen atoms in total. The summed E-state index contributed by atoms with van der Waals surface area (Å²) in [6.07, 6.45) is -1.09. The van der Waals surface area contributed by atoms with Crippen LogP contribution in [0.1, 0.15) is 11.6 Å². The van der Waals surface area contributed by atoms with Gasteiger partial charge < -0.3 is 15.6 Å². The van der Waals surface area contributed by atoms with Crippen LogP contribution in [0.25, 0.3) is 0 Å². The molecular formula is C18H20Cl2N2O4S. The average Bonchev–Trinajstić information content (AvgIpc) is 2.61. The van der Waals surface area contributed by atoms with Crippen molar-refractivity contribution in [3.63, 3.8) is 0 Å². The first-order valence-corrected chi connectivity index (χ1v) is 10.5. The van der Waals surface area contributed by atoms with E-state index in [1.165, 1.54) is 22.5 Å². The topological polar surface area (TPSA) is 92.9 Å². The molecule has 2 atom stereocenters. The molecule has 0 aliphatic carbocycles. The number of halogens is 2. The van der Waals surface area contributed by atoms with Crippen molar-refractivity contribution >= 4 is 33.2 Å². The summed E-state index contributed by atoms with van der Waals surface area (Å²) in [5.74, 6) is 0. The summed E-state index contributed by atoms with van der Waals surface area (Å²) < 4.78 is 32.7. The fourth-order valence-corrected chi connectivity index (χ4v) is 4.80. The minimum Gasteiger partial charge on any atom is -0.390 e. The lowest BCUT2D eigenvalue weighted by atomic mass is 10.0. The Morgan fingerprint density at radius 2 is 1.81 bits per heavy atom. The molecule has 1 fully saturated rings. The van der Waals surface area contributed by atoms with Crippen LogP contribution in [0.2, 0.25) is 10.0 Å². The second-order valence-electron chi connectivity index (χ2n) is 6.35. The van der Waals surface area contributed by atoms with Crippen LogP contribution in [0.15, 0.2) is 53.4 Å². The molecule has 146 valence electrons. The molecule has 9 heteroatoms. The third kappa shape index (κ3) is 4.46. The number of benzene rings is 2. The maximum Gasteiger partial charge on any atom is 0.243 e. The number of hydrogen-bond acceptors (Lipinski definition) is 5. The number of nitrogens with two attached hydrogens (primary N) is 1. The first kappa shape index (κ1) is 20.5. The van der Waals surface area contributed by atoms with Crippen molar-refractivity contribution in [3.05, 3.63) is 64.1 Å². The second kappa shape index (κ2) is 8.45. The maximum atomic E-state index is 13.1. The molecule has 27 heavy (non-hydrogen) atoms. The van der Waals surface area contributed by atoms with E-state index in [1.54, 1.807) is 12.1 Å². The van der Waals surface area contributed by atoms with Crippen LogP contribution in [0.4, 0.5) is 0 Å². The zero-order valence-electron chi connectivity index (χ0n) is 14.3. The van der Waals surface area contributed by atoms with Crippen LogP contribution in [0.3, 0.4) is 0 Å². The van der Waals surface area contributed by atoms with E-state index in [2.05, 4.69) is 0 Å². The molecule has 1 aliphatic rings. The molecule has 0 unspecified atom stereocenters. The van der Waals surface area contributed by atoms with Gasteiger partial charge in [0.05, 0.1) is 46.3 Å². The van der Waals surface area contributed by atoms with E-state index >= 15 is 0 Å². The van der Waals surface area contributed by atoms with Crippen molar-refractivity contribution in [1.29, 1.82) is 0 Å². The van der Waals surface area contributed by atoms with Crippen molar-refractivity contribution in [3.8, 4) is 0 Å². The number of hydrogen-bond donors (Lipinski definition) is 2. The van der Waals surface area contributed by atoms with Crippen LogP contribution in [0.5, 0.6) is 0 Å². The lowest BCUT2D eigenvalue weighted by Gasteiger charge is -2.38. The Balaban J connectivity index is 1.86. The van der Waals surface area contributed by atoms with Crippen molar-refractivity contribution in [1.82, 2.24) is 4.31 Å². The third-order valence-corrected chi connectivity index (χ3v) is 7.14. The molecule has 3 N–H and O–H groups in total. The van der Waals surface area contributed by atoms with E-state index in [-0.39, 0.29) is 40.7 Å². The molecule has 0 spiro atoms. The smallest absolute Gasteiger partial charge is 0.243 e. The van der Waals surface area contributed by atoms with Crippen LogP contribution >= 0.6 is 23.2 Å². The van der Waals surface area contributed by atoms with E-state index in [4.69, 9.17) is 33.7 Å². The fourth-order valence-electron chi connectivity index (χ4n) is 2.80. The summed E-state index contributed by atoms with van der Waals surface area (Å²) in [5.41, 5.74) is 6.85. The molecule has 0 radical (unpaired) electrons. The highest BCUT2D eigenvalue weighted by Gasteiger charge is 2.38. The highest BCUT2D eigenvalue weighted by molar-refractivity contribution is 7.89. The molecule has 0 aromatic heterocycles. The SMILES string of the molecule is N[C@@H](c1ccccc1)[C@@H](O)CN(C1COC1)S(=O)(=O)c1ccc(Cl)c(Cl)c1. The monoisotopic (exact) mass is 430 g/mol. The van der Waals surface area contributed by atoms with Crippen molar-refractivity contribution < 1.29 is 18.3 Å². The third-order valence-electron chi connectivity index (χ3n) is 4.49. The summed E-state index contributed by atoms with van der Waals surface area (Å²) in [7, 11) is -3.92. The van der Waals surface area contributed by atoms with E-state index in [0.717, 1.165) is 5.56 Å². The first-order valence-electron chi connectivity index (χ1n) is 8.34. The van der Waals surface area contributed by atoms with Gasteiger partial charge in [0.25, 0.3) is 0 Å². The van der Waals surface area contributed by atoms with E-state index in [9.17, 15) is 13.5 Å². The Bertz CT molecular complexity index is 891. The number of ether oxygens (including phenoxy) is 1. The predicted octanol–water partition coefficient (Wildman–Crippen LogP) is 2.44. The van der Waals surface area contributed by atoms with Gasteiger partial charge in [0, 0.05) is 6.54 Å². The fraction of sp³-hybridized carbons (Fsp3) is 0.333. The van der Waals surface area contributed by atoms with Crippen LogP contribution in [0, 0.1) is 0 Å². The number of aliphatic hydroxyl groups is 1. The molecule has 0 amide bonds. The lowest BCUT2D eigenvalue weighted by molar-refractivity contribution is -0.0464. The van der Waals surface area contributed by atoms with Gasteiger partial charge in [-0.25, -0.2) is 8.42 Å². The minimum absolute atomic E-state index is 0.00397. The number of sulfonamides is 1. The zero-order valence-corrected chi connectivity index (χ0v) is 16.7. The molecule has 0 bridgehead atoms. The van der Waals surface area contributed by atoms with E-state index < -0.39 is 22.2 Å². The maximum absolute atomic E-state index is 13.1. The van der Waals surface area contributed by atoms with Gasteiger partial charge in [-0.1, -0.05) is 53.5 Å². The quantitative estimate of drug-likeness (QED) is 0.703. The van der Waals surface area contributed by atoms with Gasteiger partial charge in [0.2, 0.25) is 10.0 Å². The normalized spacial score (nSPS) is 17.5. The van der Waals surface area contributed by atoms with Gasteiger partial charge in [-0.05, 0) is 23.8 Å². The van der Waals surface area contributed by atoms with Gasteiger partial charge in [0.1, 0.15) is 0 Å². The number of rotatable bonds is 7. The van der Waals surface area contributed by atoms with Crippen LogP contribution < -0.4 is 5.73 Å². The summed E-state index contributed by atoms with van der Waals surface area (Å²) in [4.78, 5) is 0.00397. The van der Waals surface area contributed by atoms with Gasteiger partial charge in [0.15, 0.2) is 0 Å². The highest BCUT2D eigenvalue weighted by Crippen LogP contribution is 2.29. The molecule has 1 saturated heterocycles. The molecule has 1 heterocycles. The highest BCUT2D eigenvalue weighted by atomic mass is 35.5. The molecule has 3 rings (SSSR count). The molecule has 2 aromatic carbocycles. The average molecular weight is 431 g/mol. The van der Waals surface area contributed by atoms with Crippen LogP contribution in [-0.2, 0) is 14.8 Å². The van der Waals surface area contributed by atoms with E-state index in [0.29, 0.717) is 0 Å². The molecule has 2 aromatic rings. The Labute approximate surface area is 168 Å². The molecular weight excluding hydrogens is 411 g/mol. The van der Waals surface area contributed by atoms with E-state index in [1.807, 2.05) is 18.2 Å². The largest absolute Gasteiger partial charge is 0.390 e. The number of nitrogens with zero attached hydrogens (tertiary/aromatic N) is 1. The van der Waals surface area contributed by atoms with Crippen molar-refractivity contribution in [2.75, 3.05) is 19.8 Å². The number of aliphatic hydroxyl groups excluding tert-OH is 1. The van der Waals surface area contributed by atoms with Gasteiger partial charge in [-0.15, -0.1) is 0 Å². The minimum atomic E-state index is -3.92. The summed E-state index contributed by atoms with van der Waals surface area (Å²) in [5, 5.41) is 11.0. The zero-order chi connectivity index (χ0) is 19.6. The Morgan fingerprint density at radius 1 is 1.15 bits per heavy atom. The predicted molar refractivity (Wildman–Crippen MR) is 104 cm³/mol. The molecule has 0 saturated carbocycles. The van der Waals surface area contributed by atoms with Crippen molar-refractivity contribution in [2.45, 2.75) is 23.1 Å². The summed E-state index contributed by atoms with van der Waals surface area (Å²) in [6, 6.07) is 12.1. The van der Waals surface area contributed by atoms with Crippen LogP contribution in [-0.4, -0.2) is 49.7 Å². The second-order valence-corrected chi connectivity index (χ2v) is 9.05. The lowest BCUT2D eigenvalue weighted by Crippen LogP contribution is -2.54. The van der Waals surface area contributed by atoms with Gasteiger partial charge in [-0.2, -0.15) is 4.31 Å². The summed E-state index contributed by atoms with van der Waals surface area (Å²) in [6.45, 7) is 0.356. The van der Waals surface area contributed by atoms with Gasteiger partial charge >= 0.3 is 0 Å².